The summed E-state index contributed by atoms with van der Waals surface area (Å²) in [7, 11) is 0. The molecule has 1 aliphatic rings. The molecule has 1 atom stereocenters. The van der Waals surface area contributed by atoms with E-state index in [1.54, 1.807) is 0 Å². The molecule has 0 radical (unpaired) electrons. The molecule has 0 bridgehead atoms. The standard InChI is InChI=1S/C10H21NO/c1-9(2,3)11-7-6-8(12)10(11,4)5/h8,12H,6-7H2,1-5H3/t8-/m0/s1. The normalized spacial score (nSPS) is 31.0. The molecule has 0 aliphatic carbocycles. The third-order valence-corrected chi connectivity index (χ3v) is 2.95. The summed E-state index contributed by atoms with van der Waals surface area (Å²) in [6, 6.07) is 0. The third-order valence-electron chi connectivity index (χ3n) is 2.95. The number of nitrogens with zero attached hydrogens (tertiary/aromatic N) is 1. The highest BCUT2D eigenvalue weighted by atomic mass is 16.3. The van der Waals surface area contributed by atoms with E-state index < -0.39 is 0 Å². The van der Waals surface area contributed by atoms with Gasteiger partial charge in [0.15, 0.2) is 0 Å². The van der Waals surface area contributed by atoms with Gasteiger partial charge in [-0.05, 0) is 41.0 Å². The predicted molar refractivity (Wildman–Crippen MR) is 51.2 cm³/mol. The molecule has 1 rings (SSSR count). The van der Waals surface area contributed by atoms with E-state index in [2.05, 4.69) is 39.5 Å². The van der Waals surface area contributed by atoms with Gasteiger partial charge in [-0.1, -0.05) is 0 Å². The highest BCUT2D eigenvalue weighted by molar-refractivity contribution is 5.00. The molecule has 1 saturated heterocycles. The minimum Gasteiger partial charge on any atom is -0.391 e. The van der Waals surface area contributed by atoms with Crippen molar-refractivity contribution in [2.75, 3.05) is 6.54 Å². The van der Waals surface area contributed by atoms with Gasteiger partial charge in [-0.25, -0.2) is 0 Å². The number of hydrogen-bond donors (Lipinski definition) is 1. The lowest BCUT2D eigenvalue weighted by Gasteiger charge is -2.43. The van der Waals surface area contributed by atoms with Gasteiger partial charge >= 0.3 is 0 Å². The van der Waals surface area contributed by atoms with Crippen LogP contribution in [0, 0.1) is 0 Å². The van der Waals surface area contributed by atoms with E-state index in [-0.39, 0.29) is 17.2 Å². The second-order valence-corrected chi connectivity index (χ2v) is 5.28. The summed E-state index contributed by atoms with van der Waals surface area (Å²) >= 11 is 0. The first kappa shape index (κ1) is 10.0. The molecule has 0 aromatic heterocycles. The van der Waals surface area contributed by atoms with Crippen molar-refractivity contribution in [2.24, 2.45) is 0 Å². The van der Waals surface area contributed by atoms with Crippen molar-refractivity contribution in [1.29, 1.82) is 0 Å². The lowest BCUT2D eigenvalue weighted by atomic mass is 9.94. The Hall–Kier alpha value is -0.0800. The molecule has 1 fully saturated rings. The molecule has 72 valence electrons. The molecule has 1 N–H and O–H groups in total. The number of likely N-dealkylation sites (tertiary alicyclic amines) is 1. The molecule has 1 aliphatic heterocycles. The van der Waals surface area contributed by atoms with Gasteiger partial charge in [0.2, 0.25) is 0 Å². The summed E-state index contributed by atoms with van der Waals surface area (Å²) in [5, 5.41) is 9.75. The van der Waals surface area contributed by atoms with Gasteiger partial charge in [0.25, 0.3) is 0 Å². The second-order valence-electron chi connectivity index (χ2n) is 5.28. The Balaban J connectivity index is 2.82. The molecule has 1 heterocycles. The van der Waals surface area contributed by atoms with Gasteiger partial charge in [0.05, 0.1) is 6.10 Å². The van der Waals surface area contributed by atoms with Crippen LogP contribution in [0.2, 0.25) is 0 Å². The number of aliphatic hydroxyl groups excluding tert-OH is 1. The van der Waals surface area contributed by atoms with Crippen LogP contribution in [0.5, 0.6) is 0 Å². The van der Waals surface area contributed by atoms with Crippen molar-refractivity contribution in [1.82, 2.24) is 4.90 Å². The molecular weight excluding hydrogens is 150 g/mol. The van der Waals surface area contributed by atoms with Gasteiger partial charge < -0.3 is 5.11 Å². The van der Waals surface area contributed by atoms with E-state index in [1.807, 2.05) is 0 Å². The van der Waals surface area contributed by atoms with Crippen molar-refractivity contribution >= 4 is 0 Å². The smallest absolute Gasteiger partial charge is 0.0730 e. The van der Waals surface area contributed by atoms with Crippen molar-refractivity contribution in [3.8, 4) is 0 Å². The zero-order chi connectivity index (χ0) is 9.57. The summed E-state index contributed by atoms with van der Waals surface area (Å²) in [5.74, 6) is 0. The lowest BCUT2D eigenvalue weighted by Crippen LogP contribution is -2.53. The Morgan fingerprint density at radius 1 is 1.33 bits per heavy atom. The van der Waals surface area contributed by atoms with E-state index in [1.165, 1.54) is 0 Å². The van der Waals surface area contributed by atoms with E-state index in [0.717, 1.165) is 13.0 Å². The van der Waals surface area contributed by atoms with Gasteiger partial charge in [-0.15, -0.1) is 0 Å². The summed E-state index contributed by atoms with van der Waals surface area (Å²) in [4.78, 5) is 2.38. The number of hydrogen-bond acceptors (Lipinski definition) is 2. The Kier molecular flexibility index (Phi) is 2.26. The molecule has 2 nitrogen and oxygen atoms in total. The first-order valence-electron chi connectivity index (χ1n) is 4.72. The molecule has 12 heavy (non-hydrogen) atoms. The van der Waals surface area contributed by atoms with E-state index in [0.29, 0.717) is 0 Å². The largest absolute Gasteiger partial charge is 0.391 e. The average Bonchev–Trinajstić information content (AvgIpc) is 2.06. The Morgan fingerprint density at radius 2 is 1.83 bits per heavy atom. The summed E-state index contributed by atoms with van der Waals surface area (Å²) < 4.78 is 0. The summed E-state index contributed by atoms with van der Waals surface area (Å²) in [6.07, 6.45) is 0.737. The third kappa shape index (κ3) is 1.50. The maximum atomic E-state index is 9.75. The molecule has 0 aromatic carbocycles. The minimum atomic E-state index is -0.170. The van der Waals surface area contributed by atoms with Crippen LogP contribution in [0.25, 0.3) is 0 Å². The van der Waals surface area contributed by atoms with Crippen LogP contribution in [0.4, 0.5) is 0 Å². The number of aliphatic hydroxyl groups is 1. The molecule has 0 amide bonds. The van der Waals surface area contributed by atoms with Crippen molar-refractivity contribution in [3.05, 3.63) is 0 Å². The zero-order valence-corrected chi connectivity index (χ0v) is 8.89. The van der Waals surface area contributed by atoms with Crippen LogP contribution in [-0.4, -0.2) is 33.7 Å². The first-order chi connectivity index (χ1) is 5.26. The van der Waals surface area contributed by atoms with Crippen LogP contribution in [0.3, 0.4) is 0 Å². The van der Waals surface area contributed by atoms with Crippen molar-refractivity contribution in [2.45, 2.75) is 58.2 Å². The quantitative estimate of drug-likeness (QED) is 0.599. The highest BCUT2D eigenvalue weighted by Gasteiger charge is 2.44. The molecule has 0 saturated carbocycles. The minimum absolute atomic E-state index is 0.0573. The van der Waals surface area contributed by atoms with Gasteiger partial charge in [0, 0.05) is 17.6 Å². The summed E-state index contributed by atoms with van der Waals surface area (Å²) in [6.45, 7) is 11.9. The molecule has 0 unspecified atom stereocenters. The Morgan fingerprint density at radius 3 is 2.00 bits per heavy atom. The van der Waals surface area contributed by atoms with Gasteiger partial charge in [-0.2, -0.15) is 0 Å². The van der Waals surface area contributed by atoms with E-state index in [4.69, 9.17) is 0 Å². The van der Waals surface area contributed by atoms with Crippen LogP contribution < -0.4 is 0 Å². The fourth-order valence-electron chi connectivity index (χ4n) is 2.27. The molecular formula is C10H21NO. The van der Waals surface area contributed by atoms with E-state index in [9.17, 15) is 5.11 Å². The Bertz CT molecular complexity index is 169. The predicted octanol–water partition coefficient (Wildman–Crippen LogP) is 1.63. The maximum Gasteiger partial charge on any atom is 0.0730 e. The van der Waals surface area contributed by atoms with E-state index >= 15 is 0 Å². The lowest BCUT2D eigenvalue weighted by molar-refractivity contribution is 0.00550. The van der Waals surface area contributed by atoms with Crippen molar-refractivity contribution < 1.29 is 5.11 Å². The Labute approximate surface area is 75.6 Å². The number of rotatable bonds is 0. The highest BCUT2D eigenvalue weighted by Crippen LogP contribution is 2.34. The van der Waals surface area contributed by atoms with Gasteiger partial charge in [-0.3, -0.25) is 4.90 Å². The fourth-order valence-corrected chi connectivity index (χ4v) is 2.27. The monoisotopic (exact) mass is 171 g/mol. The van der Waals surface area contributed by atoms with Crippen LogP contribution in [0.1, 0.15) is 41.0 Å². The SMILES string of the molecule is CC(C)(C)N1CC[C@H](O)C1(C)C. The molecule has 0 aromatic rings. The summed E-state index contributed by atoms with van der Waals surface area (Å²) in [5.41, 5.74) is 0.110. The maximum absolute atomic E-state index is 9.75. The van der Waals surface area contributed by atoms with Gasteiger partial charge in [0.1, 0.15) is 0 Å². The van der Waals surface area contributed by atoms with Crippen LogP contribution in [-0.2, 0) is 0 Å². The van der Waals surface area contributed by atoms with Crippen LogP contribution >= 0.6 is 0 Å². The fraction of sp³-hybridized carbons (Fsp3) is 1.00. The molecule has 2 heteroatoms. The topological polar surface area (TPSA) is 23.5 Å². The zero-order valence-electron chi connectivity index (χ0n) is 8.89. The first-order valence-corrected chi connectivity index (χ1v) is 4.72. The molecule has 0 spiro atoms. The van der Waals surface area contributed by atoms with Crippen molar-refractivity contribution in [3.63, 3.8) is 0 Å². The average molecular weight is 171 g/mol. The second kappa shape index (κ2) is 2.71. The van der Waals surface area contributed by atoms with Crippen LogP contribution in [0.15, 0.2) is 0 Å².